The quantitative estimate of drug-likeness (QED) is 0.284. The maximum absolute atomic E-state index is 13.7. The zero-order chi connectivity index (χ0) is 25.6. The Morgan fingerprint density at radius 3 is 2.11 bits per heavy atom. The van der Waals surface area contributed by atoms with Crippen molar-refractivity contribution in [1.29, 1.82) is 0 Å². The number of anilines is 1. The first-order chi connectivity index (χ1) is 16.5. The number of nitrogens with zero attached hydrogens (tertiary/aromatic N) is 2. The van der Waals surface area contributed by atoms with E-state index in [0.29, 0.717) is 21.4 Å². The van der Waals surface area contributed by atoms with Gasteiger partial charge in [0, 0.05) is 27.1 Å². The van der Waals surface area contributed by atoms with Crippen LogP contribution in [0.4, 0.5) is 5.69 Å². The average Bonchev–Trinajstić information content (AvgIpc) is 3.19. The third-order valence-electron chi connectivity index (χ3n) is 6.33. The van der Waals surface area contributed by atoms with Gasteiger partial charge in [-0.3, -0.25) is 9.69 Å². The Kier molecular flexibility index (Phi) is 6.67. The van der Waals surface area contributed by atoms with Gasteiger partial charge in [-0.05, 0) is 81.7 Å². The number of esters is 1. The van der Waals surface area contributed by atoms with E-state index in [1.807, 2.05) is 26.0 Å². The fraction of sp³-hybridized carbons (Fsp3) is 0.214. The van der Waals surface area contributed by atoms with E-state index in [2.05, 4.69) is 30.5 Å². The Labute approximate surface area is 215 Å². The van der Waals surface area contributed by atoms with Crippen molar-refractivity contribution in [3.63, 3.8) is 0 Å². The predicted octanol–water partition coefficient (Wildman–Crippen LogP) is 6.89. The van der Waals surface area contributed by atoms with E-state index in [1.165, 1.54) is 12.0 Å². The van der Waals surface area contributed by atoms with Crippen molar-refractivity contribution < 1.29 is 14.3 Å². The van der Waals surface area contributed by atoms with E-state index < -0.39 is 5.97 Å². The number of methoxy groups -OCH3 is 1. The number of hydrogen-bond acceptors (Lipinski definition) is 3. The molecule has 4 rings (SSSR count). The highest BCUT2D eigenvalue weighted by Crippen LogP contribution is 2.38. The number of amides is 1. The molecule has 5 nitrogen and oxygen atoms in total. The zero-order valence-corrected chi connectivity index (χ0v) is 22.0. The number of aromatic nitrogens is 1. The molecule has 1 aromatic heterocycles. The summed E-state index contributed by atoms with van der Waals surface area (Å²) in [6, 6.07) is 13.1. The lowest BCUT2D eigenvalue weighted by molar-refractivity contribution is -0.136. The van der Waals surface area contributed by atoms with E-state index in [1.54, 1.807) is 31.2 Å². The second-order valence-corrected chi connectivity index (χ2v) is 9.55. The van der Waals surface area contributed by atoms with Crippen LogP contribution in [0.15, 0.2) is 59.3 Å². The van der Waals surface area contributed by atoms with Crippen molar-refractivity contribution in [2.24, 2.45) is 0 Å². The molecule has 0 spiro atoms. The first kappa shape index (κ1) is 24.8. The molecule has 0 atom stereocenters. The summed E-state index contributed by atoms with van der Waals surface area (Å²) < 4.78 is 7.22. The van der Waals surface area contributed by atoms with Crippen LogP contribution in [0.1, 0.15) is 35.0 Å². The summed E-state index contributed by atoms with van der Waals surface area (Å²) in [7, 11) is 1.30. The van der Waals surface area contributed by atoms with E-state index >= 15 is 0 Å². The van der Waals surface area contributed by atoms with Crippen LogP contribution in [0.25, 0.3) is 11.8 Å². The van der Waals surface area contributed by atoms with E-state index in [0.717, 1.165) is 33.8 Å². The molecule has 0 fully saturated rings. The smallest absolute Gasteiger partial charge is 0.340 e. The summed E-state index contributed by atoms with van der Waals surface area (Å²) in [6.45, 7) is 9.90. The number of benzene rings is 2. The maximum Gasteiger partial charge on any atom is 0.340 e. The molecule has 0 N–H and O–H groups in total. The molecule has 2 aromatic carbocycles. The lowest BCUT2D eigenvalue weighted by Crippen LogP contribution is -2.24. The average molecular weight is 509 g/mol. The minimum absolute atomic E-state index is 0.213. The summed E-state index contributed by atoms with van der Waals surface area (Å²) >= 11 is 12.4. The van der Waals surface area contributed by atoms with Gasteiger partial charge in [-0.15, -0.1) is 0 Å². The molecule has 1 aliphatic rings. The van der Waals surface area contributed by atoms with Crippen molar-refractivity contribution in [3.8, 4) is 5.69 Å². The van der Waals surface area contributed by atoms with Crippen LogP contribution < -0.4 is 4.90 Å². The van der Waals surface area contributed by atoms with Gasteiger partial charge in [0.2, 0.25) is 0 Å². The van der Waals surface area contributed by atoms with Crippen molar-refractivity contribution in [1.82, 2.24) is 4.57 Å². The highest BCUT2D eigenvalue weighted by molar-refractivity contribution is 6.35. The first-order valence-electron chi connectivity index (χ1n) is 11.1. The van der Waals surface area contributed by atoms with Gasteiger partial charge in [0.1, 0.15) is 0 Å². The lowest BCUT2D eigenvalue weighted by Gasteiger charge is -2.18. The Balaban J connectivity index is 1.89. The SMILES string of the molecule is COC(=O)C1=C(C)N(c2cc(Cl)cc(Cl)c2)C(=O)/C1=C\c1cc(C)n(-c2c(C)cccc2C)c1C. The molecule has 0 saturated carbocycles. The number of hydrogen-bond donors (Lipinski definition) is 0. The Bertz CT molecular complexity index is 1410. The van der Waals surface area contributed by atoms with Gasteiger partial charge < -0.3 is 9.30 Å². The minimum Gasteiger partial charge on any atom is -0.465 e. The third kappa shape index (κ3) is 4.30. The van der Waals surface area contributed by atoms with Crippen LogP contribution >= 0.6 is 23.2 Å². The normalized spacial score (nSPS) is 14.9. The molecular formula is C28H26Cl2N2O3. The predicted molar refractivity (Wildman–Crippen MR) is 141 cm³/mol. The lowest BCUT2D eigenvalue weighted by atomic mass is 10.0. The van der Waals surface area contributed by atoms with Gasteiger partial charge in [0.15, 0.2) is 0 Å². The van der Waals surface area contributed by atoms with Crippen LogP contribution in [0.3, 0.4) is 0 Å². The summed E-state index contributed by atoms with van der Waals surface area (Å²) in [6.07, 6.45) is 1.76. The molecule has 1 aliphatic heterocycles. The third-order valence-corrected chi connectivity index (χ3v) is 6.76. The largest absolute Gasteiger partial charge is 0.465 e. The molecule has 35 heavy (non-hydrogen) atoms. The standard InChI is InChI=1S/C28H26Cl2N2O3/c1-15-8-7-9-16(2)26(15)31-17(3)10-20(18(31)4)11-24-25(28(34)35-6)19(5)32(27(24)33)23-13-21(29)12-22(30)14-23/h7-14H,1-6H3/b24-11-. The molecule has 7 heteroatoms. The number of carbonyl (C=O) groups excluding carboxylic acids is 2. The molecule has 0 radical (unpaired) electrons. The summed E-state index contributed by atoms with van der Waals surface area (Å²) in [4.78, 5) is 27.9. The van der Waals surface area contributed by atoms with Crippen LogP contribution in [-0.2, 0) is 14.3 Å². The fourth-order valence-corrected chi connectivity index (χ4v) is 5.27. The second kappa shape index (κ2) is 9.40. The Morgan fingerprint density at radius 2 is 1.54 bits per heavy atom. The Hall–Kier alpha value is -3.28. The molecule has 2 heterocycles. The van der Waals surface area contributed by atoms with Crippen molar-refractivity contribution in [3.05, 3.63) is 97.4 Å². The molecule has 0 unspecified atom stereocenters. The number of halogens is 2. The minimum atomic E-state index is -0.582. The van der Waals surface area contributed by atoms with Crippen molar-refractivity contribution in [2.45, 2.75) is 34.6 Å². The van der Waals surface area contributed by atoms with Gasteiger partial charge in [-0.25, -0.2) is 4.79 Å². The van der Waals surface area contributed by atoms with Gasteiger partial charge in [-0.2, -0.15) is 0 Å². The van der Waals surface area contributed by atoms with Crippen LogP contribution in [0, 0.1) is 27.7 Å². The molecule has 1 amide bonds. The zero-order valence-electron chi connectivity index (χ0n) is 20.5. The number of ether oxygens (including phenoxy) is 1. The van der Waals surface area contributed by atoms with Crippen molar-refractivity contribution in [2.75, 3.05) is 12.0 Å². The van der Waals surface area contributed by atoms with Crippen LogP contribution in [-0.4, -0.2) is 23.6 Å². The highest BCUT2D eigenvalue weighted by Gasteiger charge is 2.38. The summed E-state index contributed by atoms with van der Waals surface area (Å²) in [5.41, 5.74) is 7.65. The number of aryl methyl sites for hydroxylation is 3. The number of rotatable bonds is 4. The van der Waals surface area contributed by atoms with Gasteiger partial charge in [0.25, 0.3) is 5.91 Å². The molecule has 0 saturated heterocycles. The molecule has 3 aromatic rings. The second-order valence-electron chi connectivity index (χ2n) is 8.68. The molecular weight excluding hydrogens is 483 g/mol. The van der Waals surface area contributed by atoms with E-state index in [9.17, 15) is 9.59 Å². The maximum atomic E-state index is 13.7. The van der Waals surface area contributed by atoms with E-state index in [4.69, 9.17) is 27.9 Å². The van der Waals surface area contributed by atoms with Crippen LogP contribution in [0.2, 0.25) is 10.0 Å². The molecule has 180 valence electrons. The molecule has 0 bridgehead atoms. The van der Waals surface area contributed by atoms with Crippen molar-refractivity contribution >= 4 is 46.8 Å². The fourth-order valence-electron chi connectivity index (χ4n) is 4.75. The monoisotopic (exact) mass is 508 g/mol. The van der Waals surface area contributed by atoms with Gasteiger partial charge >= 0.3 is 5.97 Å². The van der Waals surface area contributed by atoms with Crippen LogP contribution in [0.5, 0.6) is 0 Å². The number of para-hydroxylation sites is 1. The first-order valence-corrected chi connectivity index (χ1v) is 11.9. The topological polar surface area (TPSA) is 51.5 Å². The van der Waals surface area contributed by atoms with Gasteiger partial charge in [-0.1, -0.05) is 41.4 Å². The number of carbonyl (C=O) groups is 2. The molecule has 0 aliphatic carbocycles. The van der Waals surface area contributed by atoms with Gasteiger partial charge in [0.05, 0.1) is 29.6 Å². The number of allylic oxidation sites excluding steroid dienone is 1. The Morgan fingerprint density at radius 1 is 0.943 bits per heavy atom. The highest BCUT2D eigenvalue weighted by atomic mass is 35.5. The summed E-state index contributed by atoms with van der Waals surface area (Å²) in [5, 5.41) is 0.782. The summed E-state index contributed by atoms with van der Waals surface area (Å²) in [5.74, 6) is -0.931. The van der Waals surface area contributed by atoms with E-state index in [-0.39, 0.29) is 17.1 Å².